The molecule has 0 spiro atoms. The van der Waals surface area contributed by atoms with Crippen molar-refractivity contribution in [3.05, 3.63) is 102 Å². The van der Waals surface area contributed by atoms with E-state index in [1.807, 2.05) is 0 Å². The zero-order valence-electron chi connectivity index (χ0n) is 30.2. The lowest BCUT2D eigenvalue weighted by Gasteiger charge is -2.08. The number of rotatable bonds is 3. The lowest BCUT2D eigenvalue weighted by atomic mass is 10.0. The monoisotopic (exact) mass is 409 g/mol. The summed E-state index contributed by atoms with van der Waals surface area (Å²) in [6.07, 6.45) is 0. The molecule has 0 aliphatic rings. The van der Waals surface area contributed by atoms with Gasteiger partial charge in [-0.25, -0.2) is 4.98 Å². The lowest BCUT2D eigenvalue weighted by molar-refractivity contribution is 1.07. The first kappa shape index (κ1) is 7.36. The van der Waals surface area contributed by atoms with E-state index in [9.17, 15) is 0 Å². The molecule has 4 aromatic carbocycles. The molecule has 0 radical (unpaired) electrons. The molecule has 0 N–H and O–H groups in total. The molecule has 29 heavy (non-hydrogen) atoms. The zero-order valence-corrected chi connectivity index (χ0v) is 15.0. The quantitative estimate of drug-likeness (QED) is 0.333. The molecule has 3 nitrogen and oxygen atoms in total. The average Bonchev–Trinajstić information content (AvgIpc) is 2.99. The molecule has 0 aliphatic heterocycles. The van der Waals surface area contributed by atoms with E-state index in [-0.39, 0.29) is 10.8 Å². The minimum absolute atomic E-state index is 0.365. The van der Waals surface area contributed by atoms with Gasteiger partial charge in [-0.3, -0.25) is 0 Å². The van der Waals surface area contributed by atoms with E-state index in [0.717, 1.165) is 0 Å². The molecule has 0 unspecified atom stereocenters. The van der Waals surface area contributed by atoms with E-state index in [4.69, 9.17) is 33.5 Å². The predicted octanol–water partition coefficient (Wildman–Crippen LogP) is 6.68. The van der Waals surface area contributed by atoms with Crippen LogP contribution >= 0.6 is 11.6 Å². The van der Waals surface area contributed by atoms with Gasteiger partial charge >= 0.3 is 0 Å². The smallest absolute Gasteiger partial charge is 0.208 e. The van der Waals surface area contributed by atoms with Gasteiger partial charge in [0.1, 0.15) is 0 Å². The van der Waals surface area contributed by atoms with Crippen LogP contribution in [0.25, 0.3) is 44.7 Å². The molecule has 0 atom stereocenters. The summed E-state index contributed by atoms with van der Waals surface area (Å²) in [7, 11) is 0. The minimum Gasteiger partial charge on any atom is -0.208 e. The van der Waals surface area contributed by atoms with Crippen LogP contribution in [0, 0.1) is 0 Å². The third-order valence-corrected chi connectivity index (χ3v) is 3.91. The second-order valence-electron chi connectivity index (χ2n) is 5.50. The Balaban J connectivity index is 1.86. The molecule has 5 rings (SSSR count). The first-order chi connectivity index (χ1) is 20.9. The second-order valence-corrected chi connectivity index (χ2v) is 5.84. The van der Waals surface area contributed by atoms with E-state index in [1.54, 1.807) is 0 Å². The normalized spacial score (nSPS) is 18.7. The molecule has 1 aromatic heterocycles. The van der Waals surface area contributed by atoms with Crippen molar-refractivity contribution >= 4 is 22.4 Å². The summed E-state index contributed by atoms with van der Waals surface area (Å²) < 4.78 is 133. The Morgan fingerprint density at radius 3 is 2.00 bits per heavy atom. The number of aromatic nitrogens is 3. The van der Waals surface area contributed by atoms with Gasteiger partial charge in [0.25, 0.3) is 0 Å². The van der Waals surface area contributed by atoms with Crippen molar-refractivity contribution in [2.75, 3.05) is 0 Å². The Hall–Kier alpha value is -3.56. The molecule has 0 fully saturated rings. The predicted molar refractivity (Wildman–Crippen MR) is 119 cm³/mol. The molecule has 0 saturated carbocycles. The molecule has 1 heterocycles. The van der Waals surface area contributed by atoms with Gasteiger partial charge in [-0.2, -0.15) is 9.97 Å². The maximum absolute atomic E-state index is 8.67. The fourth-order valence-electron chi connectivity index (χ4n) is 2.48. The van der Waals surface area contributed by atoms with Gasteiger partial charge in [0.15, 0.2) is 11.6 Å². The van der Waals surface area contributed by atoms with Crippen molar-refractivity contribution < 1.29 is 21.9 Å². The number of hydrogen-bond acceptors (Lipinski definition) is 3. The van der Waals surface area contributed by atoms with Gasteiger partial charge in [-0.15, -0.1) is 0 Å². The van der Waals surface area contributed by atoms with Gasteiger partial charge in [0.05, 0.1) is 21.9 Å². The van der Waals surface area contributed by atoms with Crippen LogP contribution in [0.5, 0.6) is 0 Å². The lowest BCUT2D eigenvalue weighted by Crippen LogP contribution is -1.97. The topological polar surface area (TPSA) is 38.7 Å². The first-order valence-electron chi connectivity index (χ1n) is 16.0. The maximum Gasteiger partial charge on any atom is 0.226 e. The van der Waals surface area contributed by atoms with Crippen molar-refractivity contribution in [1.29, 1.82) is 0 Å². The van der Waals surface area contributed by atoms with Gasteiger partial charge < -0.3 is 0 Å². The molecule has 0 amide bonds. The van der Waals surface area contributed by atoms with E-state index >= 15 is 0 Å². The summed E-state index contributed by atoms with van der Waals surface area (Å²) in [5.74, 6) is -1.09. The molecule has 4 heteroatoms. The van der Waals surface area contributed by atoms with E-state index in [0.29, 0.717) is 0 Å². The summed E-state index contributed by atoms with van der Waals surface area (Å²) in [6.45, 7) is 0. The Kier molecular flexibility index (Phi) is 1.89. The van der Waals surface area contributed by atoms with Gasteiger partial charge in [-0.05, 0) is 33.5 Å². The number of nitrogens with zero attached hydrogens (tertiary/aromatic N) is 3. The highest BCUT2D eigenvalue weighted by molar-refractivity contribution is 6.28. The summed E-state index contributed by atoms with van der Waals surface area (Å²) >= 11 is 6.17. The van der Waals surface area contributed by atoms with Crippen LogP contribution in [-0.4, -0.2) is 15.0 Å². The summed E-state index contributed by atoms with van der Waals surface area (Å²) in [6, 6.07) is -11.6. The van der Waals surface area contributed by atoms with Gasteiger partial charge in [-0.1, -0.05) is 96.7 Å². The molecule has 5 aromatic rings. The van der Waals surface area contributed by atoms with E-state index in [2.05, 4.69) is 15.0 Å². The van der Waals surface area contributed by atoms with Crippen LogP contribution in [0.4, 0.5) is 0 Å². The highest BCUT2D eigenvalue weighted by atomic mass is 35.5. The molecule has 138 valence electrons. The van der Waals surface area contributed by atoms with Crippen LogP contribution in [0.3, 0.4) is 0 Å². The van der Waals surface area contributed by atoms with Crippen LogP contribution < -0.4 is 0 Å². The summed E-state index contributed by atoms with van der Waals surface area (Å²) in [5, 5.41) is -1.34. The third-order valence-electron chi connectivity index (χ3n) is 3.74. The van der Waals surface area contributed by atoms with Crippen molar-refractivity contribution in [3.63, 3.8) is 0 Å². The zero-order chi connectivity index (χ0) is 33.6. The average molecular weight is 410 g/mol. The Morgan fingerprint density at radius 2 is 1.17 bits per heavy atom. The summed E-state index contributed by atoms with van der Waals surface area (Å²) in [5.41, 5.74) is -2.11. The molecule has 0 aliphatic carbocycles. The van der Waals surface area contributed by atoms with Crippen LogP contribution in [0.1, 0.15) is 21.9 Å². The van der Waals surface area contributed by atoms with Crippen LogP contribution in [0.15, 0.2) is 96.7 Å². The first-order valence-corrected chi connectivity index (χ1v) is 8.41. The Labute approximate surface area is 196 Å². The highest BCUT2D eigenvalue weighted by Gasteiger charge is 2.12. The van der Waals surface area contributed by atoms with E-state index < -0.39 is 136 Å². The van der Waals surface area contributed by atoms with Crippen LogP contribution in [-0.2, 0) is 0 Å². The molecular formula is C25H16ClN3. The second kappa shape index (κ2) is 7.46. The van der Waals surface area contributed by atoms with Crippen molar-refractivity contribution in [2.45, 2.75) is 0 Å². The minimum atomic E-state index is -0.796. The van der Waals surface area contributed by atoms with Gasteiger partial charge in [0, 0.05) is 11.1 Å². The third kappa shape index (κ3) is 3.48. The number of fused-ring (bicyclic) bond motifs is 1. The fourth-order valence-corrected chi connectivity index (χ4v) is 2.64. The maximum atomic E-state index is 8.67. The Morgan fingerprint density at radius 1 is 0.552 bits per heavy atom. The molecule has 0 bridgehead atoms. The fraction of sp³-hybridized carbons (Fsp3) is 0. The van der Waals surface area contributed by atoms with Crippen molar-refractivity contribution in [3.8, 4) is 33.9 Å². The summed E-state index contributed by atoms with van der Waals surface area (Å²) in [4.78, 5) is 12.0. The highest BCUT2D eigenvalue weighted by Crippen LogP contribution is 2.29. The van der Waals surface area contributed by atoms with E-state index in [1.165, 1.54) is 0 Å². The SMILES string of the molecule is [2H]c1c([2H])c([2H])c(-c2c([2H])c([2H])c(-c3nc(Cl)nc(-c4c([2H])c([2H])c([2H])c5c([2H])c([2H])c([2H])c([2H])c45)n3)c([2H])c2[2H])c([2H])c1[2H]. The van der Waals surface area contributed by atoms with Gasteiger partial charge in [0.2, 0.25) is 5.28 Å². The standard InChI is InChI=1S/C25H16ClN3/c26-25-28-23(20-15-13-18(14-16-20)17-7-2-1-3-8-17)27-24(29-25)22-12-6-10-19-9-4-5-11-21(19)22/h1-16H/i1D,2D,3D,4D,5D,6D,7D,8D,9D,10D,11D,12D,13D,14D,15D,16D. The number of benzene rings is 4. The number of halogens is 1. The Bertz CT molecular complexity index is 2090. The van der Waals surface area contributed by atoms with Crippen LogP contribution in [0.2, 0.25) is 5.28 Å². The van der Waals surface area contributed by atoms with Crippen molar-refractivity contribution in [1.82, 2.24) is 15.0 Å². The largest absolute Gasteiger partial charge is 0.226 e. The van der Waals surface area contributed by atoms with Crippen molar-refractivity contribution in [2.24, 2.45) is 0 Å². The molecular weight excluding hydrogens is 378 g/mol. The number of hydrogen-bond donors (Lipinski definition) is 0. The molecule has 0 saturated heterocycles.